The summed E-state index contributed by atoms with van der Waals surface area (Å²) in [7, 11) is 0. The maximum absolute atomic E-state index is 12.8. The lowest BCUT2D eigenvalue weighted by Crippen LogP contribution is -2.46. The number of carbonyl (C=O) groups is 1. The summed E-state index contributed by atoms with van der Waals surface area (Å²) in [5, 5.41) is 10.7. The molecule has 0 bridgehead atoms. The minimum atomic E-state index is -0.704. The Bertz CT molecular complexity index is 490. The lowest BCUT2D eigenvalue weighted by atomic mass is 9.99. The van der Waals surface area contributed by atoms with Crippen LogP contribution in [0.15, 0.2) is 30.3 Å². The first-order valence-corrected chi connectivity index (χ1v) is 8.29. The standard InChI is InChI=1S/C18H25NO3/c20-17(16-8-11-22-13-16)19(12-15-6-2-1-3-7-15)14-18(21)9-4-5-10-18/h1-3,6-7,16,21H,4-5,8-14H2. The first-order valence-electron chi connectivity index (χ1n) is 8.29. The summed E-state index contributed by atoms with van der Waals surface area (Å²) in [6.45, 7) is 2.19. The van der Waals surface area contributed by atoms with Crippen LogP contribution in [0.2, 0.25) is 0 Å². The Kier molecular flexibility index (Phi) is 4.79. The lowest BCUT2D eigenvalue weighted by Gasteiger charge is -2.33. The van der Waals surface area contributed by atoms with Gasteiger partial charge in [-0.05, 0) is 24.8 Å². The largest absolute Gasteiger partial charge is 0.388 e. The van der Waals surface area contributed by atoms with Crippen LogP contribution in [-0.2, 0) is 16.1 Å². The summed E-state index contributed by atoms with van der Waals surface area (Å²) in [4.78, 5) is 14.7. The fourth-order valence-corrected chi connectivity index (χ4v) is 3.55. The molecule has 1 heterocycles. The molecule has 2 aliphatic rings. The van der Waals surface area contributed by atoms with E-state index in [9.17, 15) is 9.90 Å². The number of benzene rings is 1. The first kappa shape index (κ1) is 15.5. The molecular formula is C18H25NO3. The molecule has 1 aliphatic carbocycles. The van der Waals surface area contributed by atoms with Crippen LogP contribution < -0.4 is 0 Å². The molecule has 0 spiro atoms. The molecule has 2 fully saturated rings. The van der Waals surface area contributed by atoms with Crippen molar-refractivity contribution in [2.75, 3.05) is 19.8 Å². The third-order valence-electron chi connectivity index (χ3n) is 4.83. The molecule has 1 unspecified atom stereocenters. The van der Waals surface area contributed by atoms with Crippen molar-refractivity contribution < 1.29 is 14.6 Å². The van der Waals surface area contributed by atoms with Gasteiger partial charge in [0.25, 0.3) is 0 Å². The van der Waals surface area contributed by atoms with E-state index in [1.807, 2.05) is 35.2 Å². The van der Waals surface area contributed by atoms with E-state index in [1.54, 1.807) is 0 Å². The number of hydrogen-bond acceptors (Lipinski definition) is 3. The third-order valence-corrected chi connectivity index (χ3v) is 4.83. The van der Waals surface area contributed by atoms with Gasteiger partial charge in [-0.1, -0.05) is 43.2 Å². The van der Waals surface area contributed by atoms with Crippen molar-refractivity contribution in [2.24, 2.45) is 5.92 Å². The summed E-state index contributed by atoms with van der Waals surface area (Å²) in [5.41, 5.74) is 0.403. The number of aliphatic hydroxyl groups is 1. The topological polar surface area (TPSA) is 49.8 Å². The fourth-order valence-electron chi connectivity index (χ4n) is 3.55. The molecule has 1 saturated heterocycles. The van der Waals surface area contributed by atoms with Crippen molar-refractivity contribution in [2.45, 2.75) is 44.2 Å². The molecule has 1 aromatic rings. The molecule has 1 aromatic carbocycles. The third kappa shape index (κ3) is 3.68. The Morgan fingerprint density at radius 3 is 2.64 bits per heavy atom. The normalized spacial score (nSPS) is 23.6. The highest BCUT2D eigenvalue weighted by atomic mass is 16.5. The molecule has 22 heavy (non-hydrogen) atoms. The van der Waals surface area contributed by atoms with Crippen LogP contribution in [-0.4, -0.2) is 41.3 Å². The van der Waals surface area contributed by atoms with Gasteiger partial charge in [0.1, 0.15) is 0 Å². The van der Waals surface area contributed by atoms with Crippen molar-refractivity contribution in [3.05, 3.63) is 35.9 Å². The summed E-state index contributed by atoms with van der Waals surface area (Å²) in [6.07, 6.45) is 4.49. The summed E-state index contributed by atoms with van der Waals surface area (Å²) in [6, 6.07) is 10.0. The monoisotopic (exact) mass is 303 g/mol. The second-order valence-corrected chi connectivity index (χ2v) is 6.67. The van der Waals surface area contributed by atoms with Crippen molar-refractivity contribution in [3.63, 3.8) is 0 Å². The van der Waals surface area contributed by atoms with Gasteiger partial charge in [-0.3, -0.25) is 4.79 Å². The van der Waals surface area contributed by atoms with Crippen LogP contribution in [0.4, 0.5) is 0 Å². The van der Waals surface area contributed by atoms with Gasteiger partial charge in [0.05, 0.1) is 18.1 Å². The highest BCUT2D eigenvalue weighted by molar-refractivity contribution is 5.79. The molecule has 1 saturated carbocycles. The second kappa shape index (κ2) is 6.80. The maximum Gasteiger partial charge on any atom is 0.228 e. The van der Waals surface area contributed by atoms with Crippen molar-refractivity contribution in [1.29, 1.82) is 0 Å². The summed E-state index contributed by atoms with van der Waals surface area (Å²) in [5.74, 6) is 0.0791. The molecule has 4 heteroatoms. The van der Waals surface area contributed by atoms with Gasteiger partial charge in [0.2, 0.25) is 5.91 Å². The van der Waals surface area contributed by atoms with Crippen molar-refractivity contribution >= 4 is 5.91 Å². The minimum absolute atomic E-state index is 0.0475. The van der Waals surface area contributed by atoms with E-state index in [-0.39, 0.29) is 11.8 Å². The smallest absolute Gasteiger partial charge is 0.228 e. The quantitative estimate of drug-likeness (QED) is 0.908. The van der Waals surface area contributed by atoms with Crippen LogP contribution in [0, 0.1) is 5.92 Å². The molecular weight excluding hydrogens is 278 g/mol. The first-order chi connectivity index (χ1) is 10.7. The van der Waals surface area contributed by atoms with Crippen LogP contribution in [0.5, 0.6) is 0 Å². The van der Waals surface area contributed by atoms with E-state index in [0.29, 0.717) is 26.3 Å². The second-order valence-electron chi connectivity index (χ2n) is 6.67. The Morgan fingerprint density at radius 1 is 1.27 bits per heavy atom. The Balaban J connectivity index is 1.73. The van der Waals surface area contributed by atoms with Gasteiger partial charge >= 0.3 is 0 Å². The molecule has 1 N–H and O–H groups in total. The number of amides is 1. The summed E-state index contributed by atoms with van der Waals surface area (Å²) < 4.78 is 5.36. The van der Waals surface area contributed by atoms with E-state index in [1.165, 1.54) is 0 Å². The van der Waals surface area contributed by atoms with E-state index in [0.717, 1.165) is 37.7 Å². The minimum Gasteiger partial charge on any atom is -0.388 e. The van der Waals surface area contributed by atoms with E-state index in [2.05, 4.69) is 0 Å². The molecule has 4 nitrogen and oxygen atoms in total. The fraction of sp³-hybridized carbons (Fsp3) is 0.611. The summed E-state index contributed by atoms with van der Waals surface area (Å²) >= 11 is 0. The number of hydrogen-bond donors (Lipinski definition) is 1. The van der Waals surface area contributed by atoms with Gasteiger partial charge in [-0.25, -0.2) is 0 Å². The SMILES string of the molecule is O=C(C1CCOC1)N(Cc1ccccc1)CC1(O)CCCC1. The van der Waals surface area contributed by atoms with Crippen LogP contribution in [0.3, 0.4) is 0 Å². The van der Waals surface area contributed by atoms with Gasteiger partial charge in [0.15, 0.2) is 0 Å². The van der Waals surface area contributed by atoms with Crippen LogP contribution in [0.1, 0.15) is 37.7 Å². The average molecular weight is 303 g/mol. The van der Waals surface area contributed by atoms with Crippen LogP contribution >= 0.6 is 0 Å². The zero-order chi connectivity index (χ0) is 15.4. The zero-order valence-corrected chi connectivity index (χ0v) is 13.0. The Morgan fingerprint density at radius 2 is 2.00 bits per heavy atom. The highest BCUT2D eigenvalue weighted by Gasteiger charge is 2.37. The molecule has 0 radical (unpaired) electrons. The molecule has 0 aromatic heterocycles. The molecule has 3 rings (SSSR count). The van der Waals surface area contributed by atoms with E-state index < -0.39 is 5.60 Å². The predicted octanol–water partition coefficient (Wildman–Crippen LogP) is 2.36. The zero-order valence-electron chi connectivity index (χ0n) is 13.0. The van der Waals surface area contributed by atoms with Crippen molar-refractivity contribution in [1.82, 2.24) is 4.90 Å². The molecule has 1 amide bonds. The van der Waals surface area contributed by atoms with Gasteiger partial charge in [0, 0.05) is 19.7 Å². The van der Waals surface area contributed by atoms with Gasteiger partial charge in [-0.15, -0.1) is 0 Å². The number of ether oxygens (including phenoxy) is 1. The maximum atomic E-state index is 12.8. The molecule has 1 aliphatic heterocycles. The van der Waals surface area contributed by atoms with Gasteiger partial charge < -0.3 is 14.7 Å². The molecule has 1 atom stereocenters. The average Bonchev–Trinajstić information content (AvgIpc) is 3.19. The molecule has 120 valence electrons. The lowest BCUT2D eigenvalue weighted by molar-refractivity contribution is -0.140. The number of carbonyl (C=O) groups excluding carboxylic acids is 1. The number of nitrogens with zero attached hydrogens (tertiary/aromatic N) is 1. The van der Waals surface area contributed by atoms with E-state index in [4.69, 9.17) is 4.74 Å². The van der Waals surface area contributed by atoms with Crippen molar-refractivity contribution in [3.8, 4) is 0 Å². The number of rotatable bonds is 5. The Labute approximate surface area is 132 Å². The highest BCUT2D eigenvalue weighted by Crippen LogP contribution is 2.31. The van der Waals surface area contributed by atoms with Crippen LogP contribution in [0.25, 0.3) is 0 Å². The van der Waals surface area contributed by atoms with Gasteiger partial charge in [-0.2, -0.15) is 0 Å². The Hall–Kier alpha value is -1.39. The van der Waals surface area contributed by atoms with E-state index >= 15 is 0 Å². The predicted molar refractivity (Wildman–Crippen MR) is 84.2 cm³/mol.